The number of rotatable bonds is 4. The van der Waals surface area contributed by atoms with Gasteiger partial charge in [-0.15, -0.1) is 0 Å². The zero-order valence-corrected chi connectivity index (χ0v) is 13.0. The van der Waals surface area contributed by atoms with E-state index in [1.165, 1.54) is 18.2 Å². The Morgan fingerprint density at radius 2 is 2.04 bits per heavy atom. The van der Waals surface area contributed by atoms with Crippen LogP contribution in [0, 0.1) is 18.6 Å². The Balaban J connectivity index is 1.75. The fourth-order valence-corrected chi connectivity index (χ4v) is 3.15. The van der Waals surface area contributed by atoms with Crippen molar-refractivity contribution in [3.8, 4) is 0 Å². The molecule has 3 rings (SSSR count). The first-order valence-corrected chi connectivity index (χ1v) is 7.74. The van der Waals surface area contributed by atoms with Crippen molar-refractivity contribution in [1.29, 1.82) is 0 Å². The van der Waals surface area contributed by atoms with Crippen LogP contribution in [0.5, 0.6) is 0 Å². The molecule has 0 radical (unpaired) electrons. The number of aliphatic hydroxyl groups excluding tert-OH is 1. The molecule has 2 aromatic carbocycles. The first kappa shape index (κ1) is 15.7. The van der Waals surface area contributed by atoms with Gasteiger partial charge in [0.15, 0.2) is 0 Å². The van der Waals surface area contributed by atoms with Crippen LogP contribution in [0.25, 0.3) is 0 Å². The third kappa shape index (κ3) is 3.29. The van der Waals surface area contributed by atoms with Crippen LogP contribution in [-0.2, 0) is 6.61 Å². The van der Waals surface area contributed by atoms with Gasteiger partial charge in [-0.2, -0.15) is 0 Å². The van der Waals surface area contributed by atoms with Crippen LogP contribution in [0.15, 0.2) is 36.4 Å². The molecule has 2 N–H and O–H groups in total. The Bertz CT molecular complexity index is 705. The van der Waals surface area contributed by atoms with Gasteiger partial charge in [0.05, 0.1) is 12.3 Å². The van der Waals surface area contributed by atoms with Gasteiger partial charge in [0.2, 0.25) is 0 Å². The molecule has 1 saturated heterocycles. The highest BCUT2D eigenvalue weighted by molar-refractivity contribution is 5.59. The van der Waals surface area contributed by atoms with Crippen LogP contribution in [0.4, 0.5) is 20.2 Å². The average molecular weight is 318 g/mol. The lowest BCUT2D eigenvalue weighted by atomic mass is 10.1. The maximum Gasteiger partial charge on any atom is 0.146 e. The Hall–Kier alpha value is -2.14. The summed E-state index contributed by atoms with van der Waals surface area (Å²) in [6.07, 6.45) is 0.857. The maximum atomic E-state index is 13.9. The lowest BCUT2D eigenvalue weighted by Crippen LogP contribution is -2.27. The minimum absolute atomic E-state index is 0.129. The molecular weight excluding hydrogens is 298 g/mol. The van der Waals surface area contributed by atoms with Gasteiger partial charge in [-0.25, -0.2) is 8.78 Å². The van der Waals surface area contributed by atoms with Gasteiger partial charge in [-0.3, -0.25) is 0 Å². The molecule has 1 heterocycles. The highest BCUT2D eigenvalue weighted by Crippen LogP contribution is 2.28. The second-order valence-corrected chi connectivity index (χ2v) is 5.94. The van der Waals surface area contributed by atoms with Gasteiger partial charge >= 0.3 is 0 Å². The number of benzene rings is 2. The molecule has 0 aliphatic carbocycles. The van der Waals surface area contributed by atoms with Crippen molar-refractivity contribution in [1.82, 2.24) is 0 Å². The average Bonchev–Trinajstić information content (AvgIpc) is 2.98. The molecule has 0 aromatic heterocycles. The minimum atomic E-state index is -0.350. The molecule has 0 bridgehead atoms. The van der Waals surface area contributed by atoms with Crippen LogP contribution >= 0.6 is 0 Å². The number of hydrogen-bond acceptors (Lipinski definition) is 3. The number of hydrogen-bond donors (Lipinski definition) is 2. The van der Waals surface area contributed by atoms with E-state index in [2.05, 4.69) is 5.32 Å². The summed E-state index contributed by atoms with van der Waals surface area (Å²) < 4.78 is 27.3. The molecule has 1 unspecified atom stereocenters. The van der Waals surface area contributed by atoms with Crippen molar-refractivity contribution < 1.29 is 13.9 Å². The van der Waals surface area contributed by atoms with E-state index in [-0.39, 0.29) is 24.3 Å². The number of nitrogens with zero attached hydrogens (tertiary/aromatic N) is 1. The van der Waals surface area contributed by atoms with Gasteiger partial charge in [0, 0.05) is 30.4 Å². The minimum Gasteiger partial charge on any atom is -0.392 e. The first-order valence-electron chi connectivity index (χ1n) is 7.74. The van der Waals surface area contributed by atoms with Crippen LogP contribution in [0.2, 0.25) is 0 Å². The Morgan fingerprint density at radius 1 is 1.26 bits per heavy atom. The van der Waals surface area contributed by atoms with Crippen molar-refractivity contribution in [3.05, 3.63) is 59.2 Å². The topological polar surface area (TPSA) is 35.5 Å². The quantitative estimate of drug-likeness (QED) is 0.906. The smallest absolute Gasteiger partial charge is 0.146 e. The molecule has 3 nitrogen and oxygen atoms in total. The molecule has 2 aromatic rings. The normalized spacial score (nSPS) is 17.6. The van der Waals surface area contributed by atoms with Crippen LogP contribution in [0.1, 0.15) is 17.5 Å². The predicted octanol–water partition coefficient (Wildman–Crippen LogP) is 3.46. The summed E-state index contributed by atoms with van der Waals surface area (Å²) in [6.45, 7) is 3.02. The molecule has 1 fully saturated rings. The monoisotopic (exact) mass is 318 g/mol. The van der Waals surface area contributed by atoms with Crippen molar-refractivity contribution in [2.24, 2.45) is 0 Å². The lowest BCUT2D eigenvalue weighted by Gasteiger charge is -2.21. The summed E-state index contributed by atoms with van der Waals surface area (Å²) in [5.74, 6) is -0.571. The van der Waals surface area contributed by atoms with Crippen molar-refractivity contribution >= 4 is 11.4 Å². The Kier molecular flexibility index (Phi) is 4.48. The van der Waals surface area contributed by atoms with E-state index in [1.54, 1.807) is 12.1 Å². The molecule has 1 atom stereocenters. The van der Waals surface area contributed by atoms with Crippen molar-refractivity contribution in [2.75, 3.05) is 23.3 Å². The summed E-state index contributed by atoms with van der Waals surface area (Å²) in [4.78, 5) is 2.00. The number of nitrogens with one attached hydrogen (secondary N) is 1. The molecule has 0 spiro atoms. The fourth-order valence-electron chi connectivity index (χ4n) is 3.15. The Labute approximate surface area is 134 Å². The first-order chi connectivity index (χ1) is 11.1. The molecular formula is C18H20F2N2O. The molecule has 122 valence electrons. The van der Waals surface area contributed by atoms with Gasteiger partial charge < -0.3 is 15.3 Å². The summed E-state index contributed by atoms with van der Waals surface area (Å²) in [7, 11) is 0. The largest absolute Gasteiger partial charge is 0.392 e. The summed E-state index contributed by atoms with van der Waals surface area (Å²) >= 11 is 0. The van der Waals surface area contributed by atoms with Crippen molar-refractivity contribution in [2.45, 2.75) is 26.0 Å². The lowest BCUT2D eigenvalue weighted by molar-refractivity contribution is 0.281. The van der Waals surface area contributed by atoms with Gasteiger partial charge in [0.1, 0.15) is 11.6 Å². The van der Waals surface area contributed by atoms with Crippen LogP contribution in [-0.4, -0.2) is 24.2 Å². The number of anilines is 2. The van der Waals surface area contributed by atoms with Crippen LogP contribution in [0.3, 0.4) is 0 Å². The highest BCUT2D eigenvalue weighted by Gasteiger charge is 2.25. The fraction of sp³-hybridized carbons (Fsp3) is 0.333. The highest BCUT2D eigenvalue weighted by atomic mass is 19.1. The SMILES string of the molecule is Cc1cc(F)cc(CO)c1NC1CCN(c2ccccc2F)C1. The predicted molar refractivity (Wildman–Crippen MR) is 87.7 cm³/mol. The molecule has 0 saturated carbocycles. The number of aliphatic hydroxyl groups is 1. The third-order valence-electron chi connectivity index (χ3n) is 4.28. The zero-order valence-electron chi connectivity index (χ0n) is 13.0. The van der Waals surface area contributed by atoms with E-state index in [4.69, 9.17) is 0 Å². The summed E-state index contributed by atoms with van der Waals surface area (Å²) in [6, 6.07) is 9.67. The number of halogens is 2. The molecule has 0 amide bonds. The molecule has 1 aliphatic rings. The van der Waals surface area contributed by atoms with E-state index >= 15 is 0 Å². The molecule has 5 heteroatoms. The summed E-state index contributed by atoms with van der Waals surface area (Å²) in [5, 5.41) is 12.8. The van der Waals surface area contributed by atoms with Crippen molar-refractivity contribution in [3.63, 3.8) is 0 Å². The number of para-hydroxylation sites is 1. The Morgan fingerprint density at radius 3 is 2.78 bits per heavy atom. The molecule has 23 heavy (non-hydrogen) atoms. The van der Waals surface area contributed by atoms with E-state index < -0.39 is 0 Å². The van der Waals surface area contributed by atoms with E-state index in [1.807, 2.05) is 17.9 Å². The van der Waals surface area contributed by atoms with Gasteiger partial charge in [-0.1, -0.05) is 12.1 Å². The standard InChI is InChI=1S/C18H20F2N2O/c1-12-8-14(19)9-13(11-23)18(12)21-15-6-7-22(10-15)17-5-3-2-4-16(17)20/h2-5,8-9,15,21,23H,6-7,10-11H2,1H3. The second kappa shape index (κ2) is 6.54. The zero-order chi connectivity index (χ0) is 16.4. The van der Waals surface area contributed by atoms with Crippen LogP contribution < -0.4 is 10.2 Å². The molecule has 1 aliphatic heterocycles. The number of aryl methyl sites for hydroxylation is 1. The van der Waals surface area contributed by atoms with E-state index in [0.717, 1.165) is 24.2 Å². The summed E-state index contributed by atoms with van der Waals surface area (Å²) in [5.41, 5.74) is 2.69. The van der Waals surface area contributed by atoms with Gasteiger partial charge in [0.25, 0.3) is 0 Å². The second-order valence-electron chi connectivity index (χ2n) is 5.94. The van der Waals surface area contributed by atoms with E-state index in [9.17, 15) is 13.9 Å². The maximum absolute atomic E-state index is 13.9. The third-order valence-corrected chi connectivity index (χ3v) is 4.28. The van der Waals surface area contributed by atoms with E-state index in [0.29, 0.717) is 17.8 Å². The van der Waals surface area contributed by atoms with Gasteiger partial charge in [-0.05, 0) is 43.2 Å².